The second-order valence-corrected chi connectivity index (χ2v) is 18.2. The van der Waals surface area contributed by atoms with Crippen molar-refractivity contribution in [1.82, 2.24) is 19.8 Å². The number of hydrogen-bond acceptors (Lipinski definition) is 8. The molecule has 0 spiro atoms. The number of aromatic amines is 1. The van der Waals surface area contributed by atoms with E-state index in [1.807, 2.05) is 48.5 Å². The van der Waals surface area contributed by atoms with Gasteiger partial charge in [0.05, 0.1) is 5.52 Å². The van der Waals surface area contributed by atoms with Crippen LogP contribution in [0, 0.1) is 0 Å². The molecule has 1 saturated carbocycles. The molecule has 2 aromatic heterocycles. The van der Waals surface area contributed by atoms with Gasteiger partial charge in [0.1, 0.15) is 36.2 Å². The van der Waals surface area contributed by atoms with E-state index in [0.29, 0.717) is 25.5 Å². The van der Waals surface area contributed by atoms with Crippen LogP contribution in [0.5, 0.6) is 11.5 Å². The molecule has 13 nitrogen and oxygen atoms in total. The maximum Gasteiger partial charge on any atom is 0.321 e. The third kappa shape index (κ3) is 16.8. The van der Waals surface area contributed by atoms with Gasteiger partial charge in [0.2, 0.25) is 0 Å². The number of unbranched alkanes of at least 4 members (excludes halogenated alkanes) is 3. The van der Waals surface area contributed by atoms with E-state index >= 15 is 0 Å². The van der Waals surface area contributed by atoms with Crippen LogP contribution in [0.25, 0.3) is 21.8 Å². The molecule has 6 aromatic rings. The second kappa shape index (κ2) is 28.4. The Morgan fingerprint density at radius 2 is 1.38 bits per heavy atom. The third-order valence-corrected chi connectivity index (χ3v) is 12.8. The number of nitrogens with zero attached hydrogens (tertiary/aromatic N) is 2. The number of ether oxygens (including phenoxy) is 1. The number of aryl methyl sites for hydroxylation is 1. The summed E-state index contributed by atoms with van der Waals surface area (Å²) >= 11 is 0. The molecule has 3 atom stereocenters. The number of carbonyl (C=O) groups is 3. The molecule has 0 radical (unpaired) electrons. The fraction of sp³-hybridized carbons (Fsp3) is 0.446. The van der Waals surface area contributed by atoms with Crippen LogP contribution in [0.2, 0.25) is 0 Å². The number of H-pyrrole nitrogens is 1. The zero-order valence-electron chi connectivity index (χ0n) is 40.8. The lowest BCUT2D eigenvalue weighted by molar-refractivity contribution is -0.143. The Labute approximate surface area is 407 Å². The highest BCUT2D eigenvalue weighted by molar-refractivity contribution is 5.89. The molecule has 13 heteroatoms. The molecule has 0 bridgehead atoms. The largest absolute Gasteiger partial charge is 0.508 e. The van der Waals surface area contributed by atoms with Gasteiger partial charge in [-0.05, 0) is 98.1 Å². The van der Waals surface area contributed by atoms with Crippen molar-refractivity contribution in [3.8, 4) is 11.5 Å². The van der Waals surface area contributed by atoms with Gasteiger partial charge in [0, 0.05) is 54.1 Å². The van der Waals surface area contributed by atoms with E-state index in [1.54, 1.807) is 30.5 Å². The highest BCUT2D eigenvalue weighted by Crippen LogP contribution is 2.29. The van der Waals surface area contributed by atoms with Crippen LogP contribution in [0.3, 0.4) is 0 Å². The SMILES string of the molecule is CCCCN(CCCC)C(Cc1cn(CCCC)c2ccccc12)C(=O)O.NC(Cc1c[nH]c2c(OCc3ccccc3)cccc12)C(=O)O.O=C(O)C(Cc1ccc(O)cc1)NC1CCCCC1. The number of nitrogens with one attached hydrogen (secondary N) is 2. The third-order valence-electron chi connectivity index (χ3n) is 12.8. The monoisotopic (exact) mass is 946 g/mol. The van der Waals surface area contributed by atoms with Crippen molar-refractivity contribution in [3.63, 3.8) is 0 Å². The summed E-state index contributed by atoms with van der Waals surface area (Å²) in [6, 6.07) is 29.2. The number of carboxylic acid groups (broad SMARTS) is 3. The molecule has 1 aliphatic carbocycles. The van der Waals surface area contributed by atoms with Crippen LogP contribution in [0.15, 0.2) is 109 Å². The zero-order valence-corrected chi connectivity index (χ0v) is 40.8. The van der Waals surface area contributed by atoms with E-state index in [2.05, 4.69) is 71.0 Å². The molecule has 7 rings (SSSR count). The first-order valence-electron chi connectivity index (χ1n) is 25.0. The Morgan fingerprint density at radius 3 is 2.01 bits per heavy atom. The summed E-state index contributed by atoms with van der Waals surface area (Å²) in [5.74, 6) is -1.57. The first-order chi connectivity index (χ1) is 33.4. The van der Waals surface area contributed by atoms with Gasteiger partial charge in [-0.3, -0.25) is 19.3 Å². The van der Waals surface area contributed by atoms with Crippen molar-refractivity contribution >= 4 is 39.7 Å². The van der Waals surface area contributed by atoms with Gasteiger partial charge in [-0.15, -0.1) is 0 Å². The minimum Gasteiger partial charge on any atom is -0.508 e. The van der Waals surface area contributed by atoms with Crippen molar-refractivity contribution in [2.24, 2.45) is 5.73 Å². The molecule has 372 valence electrons. The van der Waals surface area contributed by atoms with Crippen LogP contribution in [0.1, 0.15) is 114 Å². The van der Waals surface area contributed by atoms with Crippen molar-refractivity contribution in [3.05, 3.63) is 132 Å². The zero-order chi connectivity index (χ0) is 49.5. The van der Waals surface area contributed by atoms with Crippen molar-refractivity contribution in [1.29, 1.82) is 0 Å². The number of carboxylic acids is 3. The lowest BCUT2D eigenvalue weighted by Gasteiger charge is -2.28. The lowest BCUT2D eigenvalue weighted by atomic mass is 9.94. The molecule has 69 heavy (non-hydrogen) atoms. The minimum absolute atomic E-state index is 0.205. The minimum atomic E-state index is -1.00. The van der Waals surface area contributed by atoms with Crippen LogP contribution >= 0.6 is 0 Å². The van der Waals surface area contributed by atoms with E-state index in [9.17, 15) is 29.7 Å². The molecule has 0 aliphatic heterocycles. The molecular formula is C56H75N5O8. The summed E-state index contributed by atoms with van der Waals surface area (Å²) in [6.07, 6.45) is 17.6. The Balaban J connectivity index is 0.000000196. The number of aromatic nitrogens is 2. The predicted molar refractivity (Wildman–Crippen MR) is 275 cm³/mol. The Hall–Kier alpha value is -6.15. The van der Waals surface area contributed by atoms with E-state index in [4.69, 9.17) is 15.6 Å². The van der Waals surface area contributed by atoms with Gasteiger partial charge in [-0.1, -0.05) is 132 Å². The first kappa shape index (κ1) is 53.8. The second-order valence-electron chi connectivity index (χ2n) is 18.2. The average Bonchev–Trinajstić information content (AvgIpc) is 3.94. The van der Waals surface area contributed by atoms with E-state index in [1.165, 1.54) is 30.2 Å². The summed E-state index contributed by atoms with van der Waals surface area (Å²) < 4.78 is 8.19. The van der Waals surface area contributed by atoms with Gasteiger partial charge in [0.15, 0.2) is 0 Å². The summed E-state index contributed by atoms with van der Waals surface area (Å²) in [5, 5.41) is 42.9. The van der Waals surface area contributed by atoms with Crippen molar-refractivity contribution < 1.29 is 39.5 Å². The average molecular weight is 946 g/mol. The van der Waals surface area contributed by atoms with Crippen LogP contribution in [-0.2, 0) is 46.8 Å². The number of para-hydroxylation sites is 2. The number of aromatic hydroxyl groups is 1. The summed E-state index contributed by atoms with van der Waals surface area (Å²) in [4.78, 5) is 39.8. The highest BCUT2D eigenvalue weighted by Gasteiger charge is 2.27. The van der Waals surface area contributed by atoms with Gasteiger partial charge in [0.25, 0.3) is 0 Å². The quantitative estimate of drug-likeness (QED) is 0.0304. The van der Waals surface area contributed by atoms with Crippen molar-refractivity contribution in [2.75, 3.05) is 13.1 Å². The molecule has 4 aromatic carbocycles. The highest BCUT2D eigenvalue weighted by atomic mass is 16.5. The molecule has 1 aliphatic rings. The number of rotatable bonds is 24. The maximum absolute atomic E-state index is 12.1. The fourth-order valence-electron chi connectivity index (χ4n) is 8.90. The van der Waals surface area contributed by atoms with Gasteiger partial charge in [-0.2, -0.15) is 0 Å². The number of nitrogens with two attached hydrogens (primary N) is 1. The number of aliphatic carboxylic acids is 3. The number of hydrogen-bond donors (Lipinski definition) is 7. The Morgan fingerprint density at radius 1 is 0.725 bits per heavy atom. The normalized spacial score (nSPS) is 14.0. The summed E-state index contributed by atoms with van der Waals surface area (Å²) in [6.45, 7) is 9.72. The van der Waals surface area contributed by atoms with Gasteiger partial charge < -0.3 is 45.8 Å². The Kier molecular flexibility index (Phi) is 22.1. The molecule has 0 amide bonds. The standard InChI is InChI=1S/C23H36N2O2.C18H18N2O3.C15H21NO3/c1-4-7-14-24(15-8-5-2)22(23(26)27)17-19-18-25(16-9-6-3)21-13-11-10-12-20(19)21;19-15(18(21)22)9-13-10-20-17-14(13)7-4-8-16(17)23-11-12-5-2-1-3-6-12;17-13-8-6-11(7-9-13)10-14(15(18)19)16-12-4-2-1-3-5-12/h10-13,18,22H,4-9,14-17H2,1-3H3,(H,26,27);1-8,10,15,20H,9,11,19H2,(H,21,22);6-9,12,14,16-17H,1-5,10H2,(H,18,19). The predicted octanol–water partition coefficient (Wildman–Crippen LogP) is 10.4. The van der Waals surface area contributed by atoms with Crippen LogP contribution in [0.4, 0.5) is 0 Å². The van der Waals surface area contributed by atoms with E-state index in [0.717, 1.165) is 110 Å². The Bertz CT molecular complexity index is 2450. The lowest BCUT2D eigenvalue weighted by Crippen LogP contribution is -2.45. The molecule has 2 heterocycles. The van der Waals surface area contributed by atoms with Gasteiger partial charge >= 0.3 is 17.9 Å². The van der Waals surface area contributed by atoms with Gasteiger partial charge in [-0.25, -0.2) is 0 Å². The van der Waals surface area contributed by atoms with Crippen molar-refractivity contribution in [2.45, 2.75) is 148 Å². The molecule has 3 unspecified atom stereocenters. The summed E-state index contributed by atoms with van der Waals surface area (Å²) in [7, 11) is 0. The first-order valence-corrected chi connectivity index (χ1v) is 25.0. The van der Waals surface area contributed by atoms with Crippen LogP contribution < -0.4 is 15.8 Å². The maximum atomic E-state index is 12.1. The topological polar surface area (TPSA) is 203 Å². The summed E-state index contributed by atoms with van der Waals surface area (Å²) in [5.41, 5.74) is 11.8. The number of phenolic OH excluding ortho intramolecular Hbond substituents is 1. The molecule has 8 N–H and O–H groups in total. The fourth-order valence-corrected chi connectivity index (χ4v) is 8.90. The molecular weight excluding hydrogens is 871 g/mol. The number of benzene rings is 4. The van der Waals surface area contributed by atoms with E-state index < -0.39 is 36.0 Å². The number of phenols is 1. The number of fused-ring (bicyclic) bond motifs is 2. The van der Waals surface area contributed by atoms with E-state index in [-0.39, 0.29) is 12.2 Å². The molecule has 1 fully saturated rings. The smallest absolute Gasteiger partial charge is 0.321 e. The van der Waals surface area contributed by atoms with Crippen LogP contribution in [-0.4, -0.2) is 90.0 Å². The molecule has 0 saturated heterocycles.